The zero-order chi connectivity index (χ0) is 19.6. The number of hydrogen-bond donors (Lipinski definition) is 3. The highest BCUT2D eigenvalue weighted by Gasteiger charge is 2.21. The molecule has 27 heavy (non-hydrogen) atoms. The van der Waals surface area contributed by atoms with Gasteiger partial charge in [0, 0.05) is 19.5 Å². The van der Waals surface area contributed by atoms with Crippen LogP contribution in [-0.4, -0.2) is 43.3 Å². The molecule has 0 aromatic carbocycles. The number of carbonyl (C=O) groups is 1. The smallest absolute Gasteiger partial charge is 0.407 e. The summed E-state index contributed by atoms with van der Waals surface area (Å²) in [5.74, 6) is 1.88. The van der Waals surface area contributed by atoms with E-state index >= 15 is 0 Å². The van der Waals surface area contributed by atoms with Crippen molar-refractivity contribution in [2.45, 2.75) is 59.6 Å². The lowest BCUT2D eigenvalue weighted by molar-refractivity contribution is 0.0493. The van der Waals surface area contributed by atoms with Gasteiger partial charge in [0.15, 0.2) is 5.96 Å². The molecule has 1 amide bonds. The monoisotopic (exact) mass is 494 g/mol. The first-order valence-electron chi connectivity index (χ1n) is 9.25. The molecule has 1 aromatic rings. The summed E-state index contributed by atoms with van der Waals surface area (Å²) in [6.07, 6.45) is 2.04. The predicted octanol–water partition coefficient (Wildman–Crippen LogP) is 3.54. The summed E-state index contributed by atoms with van der Waals surface area (Å²) in [5, 5.41) is 9.40. The van der Waals surface area contributed by atoms with Crippen LogP contribution in [-0.2, 0) is 11.2 Å². The van der Waals surface area contributed by atoms with Gasteiger partial charge in [0.25, 0.3) is 0 Å². The zero-order valence-corrected chi connectivity index (χ0v) is 19.6. The first-order chi connectivity index (χ1) is 12.2. The molecular formula is C19H35IN4O3. The third-order valence-electron chi connectivity index (χ3n) is 3.54. The fraction of sp³-hybridized carbons (Fsp3) is 0.684. The number of aliphatic imine (C=N–C) groups is 1. The highest BCUT2D eigenvalue weighted by Crippen LogP contribution is 2.09. The lowest BCUT2D eigenvalue weighted by Gasteiger charge is -2.25. The standard InChI is InChI=1S/C19H34N4O3.HI/c1-7-20-17(21-11-10-15-9-8-12-25-15)22-13-16(14(2)3)23-18(24)26-19(4,5)6;/h8-9,12,14,16H,7,10-11,13H2,1-6H3,(H,23,24)(H2,20,21,22);1H. The molecule has 0 fully saturated rings. The molecule has 0 radical (unpaired) electrons. The number of ether oxygens (including phenoxy) is 1. The summed E-state index contributed by atoms with van der Waals surface area (Å²) in [6, 6.07) is 3.72. The van der Waals surface area contributed by atoms with Crippen LogP contribution in [0.1, 0.15) is 47.3 Å². The average molecular weight is 494 g/mol. The maximum absolute atomic E-state index is 12.0. The van der Waals surface area contributed by atoms with E-state index in [0.29, 0.717) is 13.1 Å². The number of alkyl carbamates (subject to hydrolysis) is 1. The van der Waals surface area contributed by atoms with Crippen molar-refractivity contribution in [1.82, 2.24) is 16.0 Å². The van der Waals surface area contributed by atoms with Crippen LogP contribution in [0.25, 0.3) is 0 Å². The van der Waals surface area contributed by atoms with Crippen molar-refractivity contribution in [3.8, 4) is 0 Å². The second-order valence-electron chi connectivity index (χ2n) is 7.47. The molecule has 0 aliphatic heterocycles. The number of furan rings is 1. The van der Waals surface area contributed by atoms with Crippen LogP contribution in [0.3, 0.4) is 0 Å². The summed E-state index contributed by atoms with van der Waals surface area (Å²) >= 11 is 0. The second kappa shape index (κ2) is 12.9. The van der Waals surface area contributed by atoms with E-state index < -0.39 is 11.7 Å². The van der Waals surface area contributed by atoms with E-state index in [1.165, 1.54) is 0 Å². The van der Waals surface area contributed by atoms with Gasteiger partial charge in [-0.2, -0.15) is 0 Å². The molecule has 0 saturated heterocycles. The zero-order valence-electron chi connectivity index (χ0n) is 17.3. The fourth-order valence-electron chi connectivity index (χ4n) is 2.17. The third-order valence-corrected chi connectivity index (χ3v) is 3.54. The van der Waals surface area contributed by atoms with Gasteiger partial charge in [0.1, 0.15) is 11.4 Å². The Balaban J connectivity index is 0.00000676. The van der Waals surface area contributed by atoms with E-state index in [0.717, 1.165) is 24.7 Å². The second-order valence-corrected chi connectivity index (χ2v) is 7.47. The molecule has 1 rings (SSSR count). The van der Waals surface area contributed by atoms with Crippen LogP contribution in [0.4, 0.5) is 4.79 Å². The number of hydrogen-bond acceptors (Lipinski definition) is 4. The van der Waals surface area contributed by atoms with Crippen LogP contribution >= 0.6 is 24.0 Å². The van der Waals surface area contributed by atoms with Crippen LogP contribution < -0.4 is 16.0 Å². The molecule has 0 aliphatic carbocycles. The molecule has 1 heterocycles. The van der Waals surface area contributed by atoms with Gasteiger partial charge in [-0.3, -0.25) is 4.99 Å². The highest BCUT2D eigenvalue weighted by atomic mass is 127. The maximum atomic E-state index is 12.0. The molecule has 0 aliphatic rings. The quantitative estimate of drug-likeness (QED) is 0.292. The molecule has 1 atom stereocenters. The largest absolute Gasteiger partial charge is 0.469 e. The van der Waals surface area contributed by atoms with Crippen molar-refractivity contribution in [1.29, 1.82) is 0 Å². The minimum atomic E-state index is -0.517. The van der Waals surface area contributed by atoms with Gasteiger partial charge in [-0.25, -0.2) is 4.79 Å². The fourth-order valence-corrected chi connectivity index (χ4v) is 2.17. The van der Waals surface area contributed by atoms with E-state index in [-0.39, 0.29) is 35.9 Å². The Hall–Kier alpha value is -1.45. The molecule has 1 unspecified atom stereocenters. The summed E-state index contributed by atoms with van der Waals surface area (Å²) in [6.45, 7) is 13.6. The Bertz CT molecular complexity index is 554. The molecule has 3 N–H and O–H groups in total. The number of rotatable bonds is 8. The van der Waals surface area contributed by atoms with E-state index in [2.05, 4.69) is 34.8 Å². The molecule has 8 heteroatoms. The number of guanidine groups is 1. The van der Waals surface area contributed by atoms with E-state index in [1.54, 1.807) is 6.26 Å². The molecule has 7 nitrogen and oxygen atoms in total. The van der Waals surface area contributed by atoms with Gasteiger partial charge in [0.05, 0.1) is 18.8 Å². The van der Waals surface area contributed by atoms with Crippen molar-refractivity contribution in [3.63, 3.8) is 0 Å². The molecule has 0 bridgehead atoms. The van der Waals surface area contributed by atoms with Crippen LogP contribution in [0.5, 0.6) is 0 Å². The third kappa shape index (κ3) is 11.8. The lowest BCUT2D eigenvalue weighted by atomic mass is 10.1. The number of nitrogens with one attached hydrogen (secondary N) is 3. The lowest BCUT2D eigenvalue weighted by Crippen LogP contribution is -2.45. The Labute approximate surface area is 180 Å². The summed E-state index contributed by atoms with van der Waals surface area (Å²) in [7, 11) is 0. The van der Waals surface area contributed by atoms with E-state index in [9.17, 15) is 4.79 Å². The molecule has 0 saturated carbocycles. The van der Waals surface area contributed by atoms with Gasteiger partial charge in [-0.1, -0.05) is 13.8 Å². The molecular weight excluding hydrogens is 459 g/mol. The number of halogens is 1. The average Bonchev–Trinajstić information content (AvgIpc) is 3.02. The van der Waals surface area contributed by atoms with Gasteiger partial charge in [0.2, 0.25) is 0 Å². The Morgan fingerprint density at radius 3 is 2.52 bits per heavy atom. The minimum Gasteiger partial charge on any atom is -0.469 e. The number of amides is 1. The maximum Gasteiger partial charge on any atom is 0.407 e. The van der Waals surface area contributed by atoms with Gasteiger partial charge < -0.3 is 25.1 Å². The molecule has 156 valence electrons. The number of nitrogens with zero attached hydrogens (tertiary/aromatic N) is 1. The Morgan fingerprint density at radius 2 is 2.00 bits per heavy atom. The summed E-state index contributed by atoms with van der Waals surface area (Å²) in [5.41, 5.74) is -0.517. The van der Waals surface area contributed by atoms with Crippen LogP contribution in [0, 0.1) is 5.92 Å². The van der Waals surface area contributed by atoms with E-state index in [4.69, 9.17) is 9.15 Å². The molecule has 0 spiro atoms. The topological polar surface area (TPSA) is 87.9 Å². The van der Waals surface area contributed by atoms with Crippen molar-refractivity contribution >= 4 is 36.0 Å². The highest BCUT2D eigenvalue weighted by molar-refractivity contribution is 14.0. The number of carbonyl (C=O) groups excluding carboxylic acids is 1. The SMILES string of the molecule is CCNC(=NCC(NC(=O)OC(C)(C)C)C(C)C)NCCc1ccco1.I. The van der Waals surface area contributed by atoms with Gasteiger partial charge in [-0.05, 0) is 45.7 Å². The predicted molar refractivity (Wildman–Crippen MR) is 120 cm³/mol. The first kappa shape index (κ1) is 25.6. The van der Waals surface area contributed by atoms with Gasteiger partial charge in [-0.15, -0.1) is 24.0 Å². The van der Waals surface area contributed by atoms with E-state index in [1.807, 2.05) is 39.8 Å². The van der Waals surface area contributed by atoms with Crippen LogP contribution in [0.15, 0.2) is 27.8 Å². The molecule has 1 aromatic heterocycles. The van der Waals surface area contributed by atoms with Crippen molar-refractivity contribution < 1.29 is 13.9 Å². The summed E-state index contributed by atoms with van der Waals surface area (Å²) < 4.78 is 10.7. The minimum absolute atomic E-state index is 0. The Kier molecular flexibility index (Phi) is 12.2. The van der Waals surface area contributed by atoms with Crippen molar-refractivity contribution in [2.24, 2.45) is 10.9 Å². The first-order valence-corrected chi connectivity index (χ1v) is 9.25. The van der Waals surface area contributed by atoms with Crippen molar-refractivity contribution in [3.05, 3.63) is 24.2 Å². The van der Waals surface area contributed by atoms with Crippen LogP contribution in [0.2, 0.25) is 0 Å². The Morgan fingerprint density at radius 1 is 1.30 bits per heavy atom. The normalized spacial score (nSPS) is 12.9. The van der Waals surface area contributed by atoms with Gasteiger partial charge >= 0.3 is 6.09 Å². The van der Waals surface area contributed by atoms with Crippen molar-refractivity contribution in [2.75, 3.05) is 19.6 Å². The summed E-state index contributed by atoms with van der Waals surface area (Å²) in [4.78, 5) is 16.6.